The molecule has 0 aliphatic rings. The van der Waals surface area contributed by atoms with Gasteiger partial charge in [-0.15, -0.1) is 0 Å². The van der Waals surface area contributed by atoms with E-state index in [1.54, 1.807) is 0 Å². The molecule has 0 bridgehead atoms. The van der Waals surface area contributed by atoms with Crippen molar-refractivity contribution < 1.29 is 18.3 Å². The summed E-state index contributed by atoms with van der Waals surface area (Å²) in [5.41, 5.74) is -0.119. The molecule has 0 unspecified atom stereocenters. The molecular formula is C12H9ClN2O4S. The van der Waals surface area contributed by atoms with Gasteiger partial charge in [0.05, 0.1) is 10.5 Å². The fraction of sp³-hybridized carbons (Fsp3) is 0. The monoisotopic (exact) mass is 312 g/mol. The number of pyridine rings is 1. The number of rotatable bonds is 4. The average molecular weight is 313 g/mol. The van der Waals surface area contributed by atoms with Crippen LogP contribution in [0.1, 0.15) is 10.4 Å². The minimum absolute atomic E-state index is 0.0539. The number of hydrogen-bond donors (Lipinski definition) is 2. The van der Waals surface area contributed by atoms with E-state index >= 15 is 0 Å². The van der Waals surface area contributed by atoms with Gasteiger partial charge < -0.3 is 5.11 Å². The van der Waals surface area contributed by atoms with Crippen molar-refractivity contribution in [3.63, 3.8) is 0 Å². The third-order valence-electron chi connectivity index (χ3n) is 2.35. The number of aromatic carboxylic acids is 1. The van der Waals surface area contributed by atoms with E-state index in [-0.39, 0.29) is 16.3 Å². The van der Waals surface area contributed by atoms with E-state index in [1.165, 1.54) is 36.5 Å². The van der Waals surface area contributed by atoms with Crippen LogP contribution in [0.3, 0.4) is 0 Å². The van der Waals surface area contributed by atoms with Crippen LogP contribution in [0.4, 0.5) is 5.82 Å². The van der Waals surface area contributed by atoms with Crippen LogP contribution in [-0.2, 0) is 10.0 Å². The average Bonchev–Trinajstić information content (AvgIpc) is 2.38. The molecule has 0 saturated carbocycles. The number of carbonyl (C=O) groups is 1. The largest absolute Gasteiger partial charge is 0.478 e. The predicted molar refractivity (Wildman–Crippen MR) is 73.5 cm³/mol. The highest BCUT2D eigenvalue weighted by Gasteiger charge is 2.16. The van der Waals surface area contributed by atoms with Gasteiger partial charge in [-0.05, 0) is 24.3 Å². The van der Waals surface area contributed by atoms with Crippen molar-refractivity contribution in [3.8, 4) is 0 Å². The Kier molecular flexibility index (Phi) is 3.91. The van der Waals surface area contributed by atoms with Gasteiger partial charge in [0.25, 0.3) is 10.0 Å². The smallest absolute Gasteiger partial charge is 0.335 e. The molecule has 1 aromatic carbocycles. The molecule has 8 heteroatoms. The summed E-state index contributed by atoms with van der Waals surface area (Å²) in [4.78, 5) is 14.5. The Balaban J connectivity index is 2.35. The zero-order valence-corrected chi connectivity index (χ0v) is 11.5. The van der Waals surface area contributed by atoms with Crippen molar-refractivity contribution in [2.45, 2.75) is 4.90 Å². The number of carboxylic acid groups (broad SMARTS) is 1. The van der Waals surface area contributed by atoms with Gasteiger partial charge in [0.1, 0.15) is 5.82 Å². The van der Waals surface area contributed by atoms with E-state index in [4.69, 9.17) is 16.7 Å². The summed E-state index contributed by atoms with van der Waals surface area (Å²) in [6.07, 6.45) is 1.36. The first kappa shape index (κ1) is 14.3. The quantitative estimate of drug-likeness (QED) is 0.902. The maximum absolute atomic E-state index is 12.1. The van der Waals surface area contributed by atoms with Gasteiger partial charge in [-0.1, -0.05) is 17.7 Å². The second-order valence-corrected chi connectivity index (χ2v) is 5.92. The molecule has 2 N–H and O–H groups in total. The van der Waals surface area contributed by atoms with Crippen molar-refractivity contribution >= 4 is 33.4 Å². The predicted octanol–water partition coefficient (Wildman–Crippen LogP) is 2.23. The first-order chi connectivity index (χ1) is 9.38. The lowest BCUT2D eigenvalue weighted by atomic mass is 10.2. The second kappa shape index (κ2) is 5.48. The molecule has 0 amide bonds. The number of carboxylic acids is 1. The Hall–Kier alpha value is -2.12. The van der Waals surface area contributed by atoms with Gasteiger partial charge in [0.15, 0.2) is 0 Å². The molecule has 20 heavy (non-hydrogen) atoms. The van der Waals surface area contributed by atoms with E-state index in [0.717, 1.165) is 6.07 Å². The lowest BCUT2D eigenvalue weighted by Gasteiger charge is -2.07. The van der Waals surface area contributed by atoms with Gasteiger partial charge in [-0.3, -0.25) is 4.72 Å². The zero-order valence-electron chi connectivity index (χ0n) is 9.95. The maximum Gasteiger partial charge on any atom is 0.335 e. The molecule has 0 saturated heterocycles. The van der Waals surface area contributed by atoms with Crippen molar-refractivity contribution in [3.05, 3.63) is 53.2 Å². The van der Waals surface area contributed by atoms with Crippen molar-refractivity contribution in [2.24, 2.45) is 0 Å². The Labute approximate surface area is 120 Å². The van der Waals surface area contributed by atoms with E-state index < -0.39 is 16.0 Å². The molecule has 2 aromatic rings. The molecule has 104 valence electrons. The highest BCUT2D eigenvalue weighted by atomic mass is 35.5. The van der Waals surface area contributed by atoms with Gasteiger partial charge in [0, 0.05) is 17.3 Å². The lowest BCUT2D eigenvalue weighted by Crippen LogP contribution is -2.14. The SMILES string of the molecule is O=C(O)c1cccc(S(=O)(=O)Nc2cc(Cl)ccn2)c1. The van der Waals surface area contributed by atoms with Crippen LogP contribution in [0.5, 0.6) is 0 Å². The third kappa shape index (κ3) is 3.25. The summed E-state index contributed by atoms with van der Waals surface area (Å²) >= 11 is 5.73. The summed E-state index contributed by atoms with van der Waals surface area (Å²) in [5, 5.41) is 9.19. The van der Waals surface area contributed by atoms with Crippen molar-refractivity contribution in [2.75, 3.05) is 4.72 Å². The van der Waals surface area contributed by atoms with E-state index in [0.29, 0.717) is 5.02 Å². The first-order valence-electron chi connectivity index (χ1n) is 5.36. The minimum atomic E-state index is -3.92. The number of aromatic nitrogens is 1. The van der Waals surface area contributed by atoms with Gasteiger partial charge >= 0.3 is 5.97 Å². The summed E-state index contributed by atoms with van der Waals surface area (Å²) in [7, 11) is -3.92. The van der Waals surface area contributed by atoms with Crippen LogP contribution in [0.25, 0.3) is 0 Å². The van der Waals surface area contributed by atoms with Crippen LogP contribution in [0.2, 0.25) is 5.02 Å². The topological polar surface area (TPSA) is 96.4 Å². The van der Waals surface area contributed by atoms with Gasteiger partial charge in [-0.25, -0.2) is 18.2 Å². The normalized spacial score (nSPS) is 11.1. The Bertz CT molecular complexity index is 762. The van der Waals surface area contributed by atoms with Crippen LogP contribution >= 0.6 is 11.6 Å². The summed E-state index contributed by atoms with van der Waals surface area (Å²) < 4.78 is 26.4. The third-order valence-corrected chi connectivity index (χ3v) is 3.94. The number of hydrogen-bond acceptors (Lipinski definition) is 4. The Morgan fingerprint density at radius 2 is 2.00 bits per heavy atom. The standard InChI is InChI=1S/C12H9ClN2O4S/c13-9-4-5-14-11(7-9)15-20(18,19)10-3-1-2-8(6-10)12(16)17/h1-7H,(H,14,15)(H,16,17). The van der Waals surface area contributed by atoms with Crippen molar-refractivity contribution in [1.82, 2.24) is 4.98 Å². The highest BCUT2D eigenvalue weighted by molar-refractivity contribution is 7.92. The molecule has 0 atom stereocenters. The molecule has 6 nitrogen and oxygen atoms in total. The molecule has 1 heterocycles. The molecule has 0 aliphatic carbocycles. The Morgan fingerprint density at radius 1 is 1.25 bits per heavy atom. The molecule has 0 aliphatic heterocycles. The van der Waals surface area contributed by atoms with Gasteiger partial charge in [0.2, 0.25) is 0 Å². The molecular weight excluding hydrogens is 304 g/mol. The lowest BCUT2D eigenvalue weighted by molar-refractivity contribution is 0.0696. The molecule has 2 rings (SSSR count). The number of benzene rings is 1. The number of nitrogens with one attached hydrogen (secondary N) is 1. The number of nitrogens with zero attached hydrogens (tertiary/aromatic N) is 1. The number of halogens is 1. The fourth-order valence-electron chi connectivity index (χ4n) is 1.45. The summed E-state index contributed by atoms with van der Waals surface area (Å²) in [6.45, 7) is 0. The van der Waals surface area contributed by atoms with Crippen LogP contribution in [-0.4, -0.2) is 24.5 Å². The first-order valence-corrected chi connectivity index (χ1v) is 7.22. The van der Waals surface area contributed by atoms with E-state index in [9.17, 15) is 13.2 Å². The number of anilines is 1. The highest BCUT2D eigenvalue weighted by Crippen LogP contribution is 2.18. The van der Waals surface area contributed by atoms with Gasteiger partial charge in [-0.2, -0.15) is 0 Å². The van der Waals surface area contributed by atoms with E-state index in [1.807, 2.05) is 0 Å². The molecule has 0 radical (unpaired) electrons. The van der Waals surface area contributed by atoms with Crippen molar-refractivity contribution in [1.29, 1.82) is 0 Å². The Morgan fingerprint density at radius 3 is 2.65 bits per heavy atom. The number of sulfonamides is 1. The van der Waals surface area contributed by atoms with Crippen LogP contribution < -0.4 is 4.72 Å². The summed E-state index contributed by atoms with van der Waals surface area (Å²) in [6, 6.07) is 7.86. The van der Waals surface area contributed by atoms with Crippen LogP contribution in [0.15, 0.2) is 47.5 Å². The van der Waals surface area contributed by atoms with E-state index in [2.05, 4.69) is 9.71 Å². The second-order valence-electron chi connectivity index (χ2n) is 3.80. The maximum atomic E-state index is 12.1. The molecule has 0 fully saturated rings. The zero-order chi connectivity index (χ0) is 14.8. The van der Waals surface area contributed by atoms with Crippen LogP contribution in [0, 0.1) is 0 Å². The summed E-state index contributed by atoms with van der Waals surface area (Å²) in [5.74, 6) is -1.15. The molecule has 0 spiro atoms. The molecule has 1 aromatic heterocycles. The fourth-order valence-corrected chi connectivity index (χ4v) is 2.66. The minimum Gasteiger partial charge on any atom is -0.478 e.